The standard InChI is InChI=1S/C31H35NO10S.Na.H/c1-17(30(35)36)8-22(33)28-13-19-10-25(24(40-4)14-27(19)43-28)41-6-5-7-42-26-12-21-16-32(15-20(21)11-23(26)39-3)29(34)9-18(2)31(37)38;;/h10-14,17-18H,5-9,15-16H2,1-4H3,(H,35,36)(H,37,38);;/q;+1;-1/t17-,18-;;/m0../s1. The van der Waals surface area contributed by atoms with Crippen molar-refractivity contribution in [2.24, 2.45) is 11.8 Å². The molecular formula is C31H36NNaO10S. The molecule has 4 rings (SSSR count). The van der Waals surface area contributed by atoms with Gasteiger partial charge < -0.3 is 35.5 Å². The van der Waals surface area contributed by atoms with E-state index in [0.717, 1.165) is 21.2 Å². The Balaban J connectivity index is 0.00000353. The number of amides is 1. The molecule has 11 nitrogen and oxygen atoms in total. The van der Waals surface area contributed by atoms with E-state index in [1.165, 1.54) is 32.3 Å². The number of benzene rings is 2. The van der Waals surface area contributed by atoms with Gasteiger partial charge in [0.25, 0.3) is 0 Å². The summed E-state index contributed by atoms with van der Waals surface area (Å²) in [4.78, 5) is 49.5. The zero-order chi connectivity index (χ0) is 31.3. The number of rotatable bonds is 15. The summed E-state index contributed by atoms with van der Waals surface area (Å²) in [5.41, 5.74) is 1.86. The molecule has 2 heterocycles. The first-order chi connectivity index (χ1) is 20.5. The van der Waals surface area contributed by atoms with Crippen LogP contribution in [0.4, 0.5) is 0 Å². The first-order valence-electron chi connectivity index (χ1n) is 13.8. The van der Waals surface area contributed by atoms with Gasteiger partial charge in [0.2, 0.25) is 5.91 Å². The Bertz CT molecular complexity index is 1540. The Hall–Kier alpha value is -3.32. The van der Waals surface area contributed by atoms with E-state index in [9.17, 15) is 19.2 Å². The number of Topliss-reactive ketones (excluding diaryl/α,β-unsaturated/α-hetero) is 1. The number of hydrogen-bond acceptors (Lipinski definition) is 9. The largest absolute Gasteiger partial charge is 1.00 e. The van der Waals surface area contributed by atoms with Crippen LogP contribution in [-0.4, -0.2) is 66.2 Å². The third-order valence-corrected chi connectivity index (χ3v) is 8.40. The van der Waals surface area contributed by atoms with Crippen molar-refractivity contribution in [3.8, 4) is 23.0 Å². The van der Waals surface area contributed by atoms with E-state index in [2.05, 4.69) is 0 Å². The van der Waals surface area contributed by atoms with Crippen molar-refractivity contribution >= 4 is 45.1 Å². The Labute approximate surface area is 282 Å². The van der Waals surface area contributed by atoms with Crippen molar-refractivity contribution in [3.05, 3.63) is 46.3 Å². The monoisotopic (exact) mass is 637 g/mol. The molecule has 0 fully saturated rings. The molecule has 3 aromatic rings. The van der Waals surface area contributed by atoms with E-state index < -0.39 is 23.8 Å². The van der Waals surface area contributed by atoms with Gasteiger partial charge in [-0.05, 0) is 40.8 Å². The molecule has 44 heavy (non-hydrogen) atoms. The van der Waals surface area contributed by atoms with Gasteiger partial charge in [0.15, 0.2) is 28.8 Å². The number of carbonyl (C=O) groups excluding carboxylic acids is 2. The van der Waals surface area contributed by atoms with Crippen molar-refractivity contribution in [2.45, 2.75) is 46.2 Å². The van der Waals surface area contributed by atoms with E-state index in [1.807, 2.05) is 12.1 Å². The smallest absolute Gasteiger partial charge is 1.00 e. The number of methoxy groups -OCH3 is 2. The van der Waals surface area contributed by atoms with Gasteiger partial charge in [-0.2, -0.15) is 0 Å². The second kappa shape index (κ2) is 15.6. The number of hydrogen-bond donors (Lipinski definition) is 2. The molecule has 0 unspecified atom stereocenters. The van der Waals surface area contributed by atoms with E-state index in [4.69, 9.17) is 29.2 Å². The molecule has 232 valence electrons. The zero-order valence-electron chi connectivity index (χ0n) is 26.5. The summed E-state index contributed by atoms with van der Waals surface area (Å²) in [6, 6.07) is 9.05. The molecule has 0 saturated heterocycles. The van der Waals surface area contributed by atoms with Gasteiger partial charge in [-0.25, -0.2) is 0 Å². The van der Waals surface area contributed by atoms with Crippen molar-refractivity contribution in [1.82, 2.24) is 4.90 Å². The van der Waals surface area contributed by atoms with Crippen LogP contribution in [0.3, 0.4) is 0 Å². The SMILES string of the molecule is COc1cc2c(cc1OCCCOc1cc3cc(C(=O)C[C@H](C)C(=O)O)sc3cc1OC)CN(C(=O)C[C@H](C)C(=O)O)C2.[H-].[Na+]. The molecule has 1 aromatic heterocycles. The quantitative estimate of drug-likeness (QED) is 0.144. The van der Waals surface area contributed by atoms with Gasteiger partial charge in [0.05, 0.1) is 44.1 Å². The van der Waals surface area contributed by atoms with E-state index in [1.54, 1.807) is 30.2 Å². The zero-order valence-corrected chi connectivity index (χ0v) is 28.3. The van der Waals surface area contributed by atoms with Crippen LogP contribution >= 0.6 is 11.3 Å². The Morgan fingerprint density at radius 1 is 0.818 bits per heavy atom. The van der Waals surface area contributed by atoms with E-state index in [0.29, 0.717) is 60.6 Å². The number of carboxylic acid groups (broad SMARTS) is 2. The fourth-order valence-electron chi connectivity index (χ4n) is 4.68. The Kier molecular flexibility index (Phi) is 12.5. The minimum absolute atomic E-state index is 0. The summed E-state index contributed by atoms with van der Waals surface area (Å²) in [6.45, 7) is 4.45. The first-order valence-corrected chi connectivity index (χ1v) is 14.7. The number of carbonyl (C=O) groups is 4. The van der Waals surface area contributed by atoms with Gasteiger partial charge in [-0.15, -0.1) is 11.3 Å². The molecule has 0 spiro atoms. The van der Waals surface area contributed by atoms with Crippen molar-refractivity contribution < 1.29 is 79.3 Å². The van der Waals surface area contributed by atoms with Crippen LogP contribution in [0, 0.1) is 11.8 Å². The molecule has 0 aliphatic carbocycles. The van der Waals surface area contributed by atoms with Gasteiger partial charge >= 0.3 is 41.5 Å². The molecule has 2 atom stereocenters. The van der Waals surface area contributed by atoms with E-state index >= 15 is 0 Å². The molecule has 0 saturated carbocycles. The fourth-order valence-corrected chi connectivity index (χ4v) is 5.70. The summed E-state index contributed by atoms with van der Waals surface area (Å²) >= 11 is 1.29. The van der Waals surface area contributed by atoms with Crippen LogP contribution in [0.15, 0.2) is 30.3 Å². The fraction of sp³-hybridized carbons (Fsp3) is 0.419. The number of aliphatic carboxylic acids is 2. The topological polar surface area (TPSA) is 149 Å². The number of ketones is 1. The first kappa shape index (κ1) is 35.2. The van der Waals surface area contributed by atoms with Gasteiger partial charge in [-0.3, -0.25) is 19.2 Å². The maximum Gasteiger partial charge on any atom is 1.00 e. The summed E-state index contributed by atoms with van der Waals surface area (Å²) in [5.74, 6) is -1.83. The molecule has 1 aliphatic heterocycles. The molecule has 0 bridgehead atoms. The maximum absolute atomic E-state index is 12.6. The third kappa shape index (κ3) is 8.44. The molecular weight excluding hydrogens is 601 g/mol. The number of nitrogens with zero attached hydrogens (tertiary/aromatic N) is 1. The van der Waals surface area contributed by atoms with Crippen molar-refractivity contribution in [3.63, 3.8) is 0 Å². The maximum atomic E-state index is 12.6. The number of ether oxygens (including phenoxy) is 4. The molecule has 13 heteroatoms. The normalized spacial score (nSPS) is 13.4. The Morgan fingerprint density at radius 2 is 1.34 bits per heavy atom. The molecule has 1 aliphatic rings. The van der Waals surface area contributed by atoms with Crippen LogP contribution in [0.1, 0.15) is 55.3 Å². The van der Waals surface area contributed by atoms with Gasteiger partial charge in [-0.1, -0.05) is 13.8 Å². The average Bonchev–Trinajstić information content (AvgIpc) is 3.59. The van der Waals surface area contributed by atoms with Crippen LogP contribution < -0.4 is 48.5 Å². The van der Waals surface area contributed by atoms with Crippen molar-refractivity contribution in [1.29, 1.82) is 0 Å². The average molecular weight is 638 g/mol. The second-order valence-corrected chi connectivity index (χ2v) is 11.6. The summed E-state index contributed by atoms with van der Waals surface area (Å²) in [5, 5.41) is 19.0. The minimum atomic E-state index is -1.01. The summed E-state index contributed by atoms with van der Waals surface area (Å²) in [6.07, 6.45) is 0.416. The number of carboxylic acids is 2. The number of fused-ring (bicyclic) bond motifs is 2. The molecule has 1 amide bonds. The second-order valence-electron chi connectivity index (χ2n) is 10.5. The van der Waals surface area contributed by atoms with Crippen LogP contribution in [0.25, 0.3) is 10.1 Å². The molecule has 0 radical (unpaired) electrons. The van der Waals surface area contributed by atoms with Gasteiger partial charge in [0.1, 0.15) is 0 Å². The third-order valence-electron chi connectivity index (χ3n) is 7.26. The number of thiophene rings is 1. The van der Waals surface area contributed by atoms with Crippen molar-refractivity contribution in [2.75, 3.05) is 27.4 Å². The van der Waals surface area contributed by atoms with E-state index in [-0.39, 0.29) is 55.5 Å². The Morgan fingerprint density at radius 3 is 1.91 bits per heavy atom. The molecule has 2 N–H and O–H groups in total. The van der Waals surface area contributed by atoms with Crippen LogP contribution in [0.2, 0.25) is 0 Å². The summed E-state index contributed by atoms with van der Waals surface area (Å²) in [7, 11) is 3.08. The predicted molar refractivity (Wildman–Crippen MR) is 160 cm³/mol. The summed E-state index contributed by atoms with van der Waals surface area (Å²) < 4.78 is 23.8. The molecule has 2 aromatic carbocycles. The van der Waals surface area contributed by atoms with Crippen LogP contribution in [0.5, 0.6) is 23.0 Å². The minimum Gasteiger partial charge on any atom is -1.00 e. The predicted octanol–water partition coefficient (Wildman–Crippen LogP) is 2.13. The van der Waals surface area contributed by atoms with Gasteiger partial charge in [0, 0.05) is 43.1 Å². The van der Waals surface area contributed by atoms with Crippen LogP contribution in [-0.2, 0) is 27.5 Å².